The molecule has 9 heteroatoms. The summed E-state index contributed by atoms with van der Waals surface area (Å²) in [7, 11) is 0. The van der Waals surface area contributed by atoms with E-state index in [0.29, 0.717) is 11.3 Å². The van der Waals surface area contributed by atoms with Crippen molar-refractivity contribution in [2.45, 2.75) is 40.2 Å². The lowest BCUT2D eigenvalue weighted by Crippen LogP contribution is -2.23. The van der Waals surface area contributed by atoms with Crippen LogP contribution in [0.2, 0.25) is 0 Å². The van der Waals surface area contributed by atoms with Crippen molar-refractivity contribution in [2.24, 2.45) is 0 Å². The number of anilines is 2. The molecule has 0 aliphatic heterocycles. The first-order valence-electron chi connectivity index (χ1n) is 10.6. The number of ether oxygens (including phenoxy) is 2. The van der Waals surface area contributed by atoms with Crippen molar-refractivity contribution in [1.29, 1.82) is 0 Å². The Morgan fingerprint density at radius 1 is 0.971 bits per heavy atom. The summed E-state index contributed by atoms with van der Waals surface area (Å²) in [5.74, 6) is -3.07. The molecule has 0 atom stereocenters. The van der Waals surface area contributed by atoms with Crippen LogP contribution in [0.25, 0.3) is 11.4 Å². The Kier molecular flexibility index (Phi) is 7.24. The summed E-state index contributed by atoms with van der Waals surface area (Å²) in [6, 6.07) is 9.71. The molecule has 3 rings (SSSR count). The minimum Gasteiger partial charge on any atom is -0.462 e. The minimum atomic E-state index is -0.837. The number of carbonyl (C=O) groups excluding carboxylic acids is 2. The number of hydrogen-bond acceptors (Lipinski definition) is 7. The van der Waals surface area contributed by atoms with E-state index in [9.17, 15) is 18.4 Å². The van der Waals surface area contributed by atoms with Crippen molar-refractivity contribution in [3.8, 4) is 11.4 Å². The highest BCUT2D eigenvalue weighted by atomic mass is 19.1. The van der Waals surface area contributed by atoms with Gasteiger partial charge in [-0.3, -0.25) is 0 Å². The third-order valence-electron chi connectivity index (χ3n) is 4.54. The summed E-state index contributed by atoms with van der Waals surface area (Å²) in [5.41, 5.74) is -0.0451. The van der Waals surface area contributed by atoms with Crippen LogP contribution in [-0.4, -0.2) is 34.1 Å². The van der Waals surface area contributed by atoms with Gasteiger partial charge in [-0.2, -0.15) is 0 Å². The molecule has 7 nitrogen and oxygen atoms in total. The normalized spacial score (nSPS) is 11.1. The average molecular weight is 469 g/mol. The number of nitrogens with one attached hydrogen (secondary N) is 1. The molecule has 3 aromatic rings. The molecule has 0 radical (unpaired) electrons. The molecule has 1 aromatic heterocycles. The topological polar surface area (TPSA) is 90.4 Å². The quantitative estimate of drug-likeness (QED) is 0.470. The number of nitrogens with zero attached hydrogens (tertiary/aromatic N) is 2. The maximum atomic E-state index is 14.4. The third kappa shape index (κ3) is 5.72. The molecular formula is C25H25F2N3O4. The van der Waals surface area contributed by atoms with Crippen LogP contribution >= 0.6 is 0 Å². The molecular weight excluding hydrogens is 444 g/mol. The Hall–Kier alpha value is -3.88. The second-order valence-corrected chi connectivity index (χ2v) is 8.38. The predicted molar refractivity (Wildman–Crippen MR) is 123 cm³/mol. The number of rotatable bonds is 6. The first-order chi connectivity index (χ1) is 16.0. The van der Waals surface area contributed by atoms with Crippen LogP contribution < -0.4 is 5.32 Å². The van der Waals surface area contributed by atoms with Crippen molar-refractivity contribution in [2.75, 3.05) is 11.9 Å². The molecule has 1 heterocycles. The lowest BCUT2D eigenvalue weighted by Gasteiger charge is -2.19. The molecule has 0 aliphatic rings. The standard InChI is InChI=1S/C25H25F2N3O4/c1-6-33-24(32)19-14(2)28-22(20-17(26)8-7-9-18(20)27)30-21(19)29-16-12-10-15(11-13-16)23(31)34-25(3,4)5/h7-13H,6H2,1-5H3,(H,28,29,30). The summed E-state index contributed by atoms with van der Waals surface area (Å²) in [6.45, 7) is 8.60. The molecule has 0 bridgehead atoms. The fourth-order valence-electron chi connectivity index (χ4n) is 3.10. The Balaban J connectivity index is 2.02. The lowest BCUT2D eigenvalue weighted by molar-refractivity contribution is 0.00693. The van der Waals surface area contributed by atoms with Gasteiger partial charge in [-0.05, 0) is 71.0 Å². The second kappa shape index (κ2) is 9.94. The Bertz CT molecular complexity index is 1200. The van der Waals surface area contributed by atoms with Gasteiger partial charge >= 0.3 is 11.9 Å². The van der Waals surface area contributed by atoms with Crippen LogP contribution in [0.15, 0.2) is 42.5 Å². The van der Waals surface area contributed by atoms with Crippen molar-refractivity contribution in [3.05, 3.63) is 70.9 Å². The molecule has 0 fully saturated rings. The van der Waals surface area contributed by atoms with Gasteiger partial charge in [-0.25, -0.2) is 28.3 Å². The Morgan fingerprint density at radius 2 is 1.59 bits per heavy atom. The van der Waals surface area contributed by atoms with Crippen LogP contribution in [0.1, 0.15) is 54.1 Å². The highest BCUT2D eigenvalue weighted by Crippen LogP contribution is 2.29. The average Bonchev–Trinajstić information content (AvgIpc) is 2.73. The van der Waals surface area contributed by atoms with Crippen LogP contribution in [0, 0.1) is 18.6 Å². The lowest BCUT2D eigenvalue weighted by atomic mass is 10.1. The van der Waals surface area contributed by atoms with E-state index in [1.165, 1.54) is 13.0 Å². The predicted octanol–water partition coefficient (Wildman–Crippen LogP) is 5.61. The number of aryl methyl sites for hydroxylation is 1. The zero-order chi connectivity index (χ0) is 25.0. The minimum absolute atomic E-state index is 0.00798. The molecule has 178 valence electrons. The van der Waals surface area contributed by atoms with Gasteiger partial charge in [0.25, 0.3) is 0 Å². The van der Waals surface area contributed by atoms with E-state index in [2.05, 4.69) is 15.3 Å². The van der Waals surface area contributed by atoms with Crippen molar-refractivity contribution < 1.29 is 27.8 Å². The van der Waals surface area contributed by atoms with E-state index >= 15 is 0 Å². The molecule has 0 unspecified atom stereocenters. The molecule has 0 aliphatic carbocycles. The number of carbonyl (C=O) groups is 2. The first-order valence-corrected chi connectivity index (χ1v) is 10.6. The van der Waals surface area contributed by atoms with E-state index in [-0.39, 0.29) is 29.5 Å². The van der Waals surface area contributed by atoms with E-state index in [0.717, 1.165) is 12.1 Å². The number of esters is 2. The summed E-state index contributed by atoms with van der Waals surface area (Å²) >= 11 is 0. The zero-order valence-electron chi connectivity index (χ0n) is 19.5. The van der Waals surface area contributed by atoms with Crippen molar-refractivity contribution in [1.82, 2.24) is 9.97 Å². The van der Waals surface area contributed by atoms with Crippen LogP contribution in [0.4, 0.5) is 20.3 Å². The maximum Gasteiger partial charge on any atom is 0.343 e. The second-order valence-electron chi connectivity index (χ2n) is 8.38. The van der Waals surface area contributed by atoms with Crippen LogP contribution in [0.3, 0.4) is 0 Å². The fraction of sp³-hybridized carbons (Fsp3) is 0.280. The third-order valence-corrected chi connectivity index (χ3v) is 4.54. The summed E-state index contributed by atoms with van der Waals surface area (Å²) in [5, 5.41) is 2.97. The van der Waals surface area contributed by atoms with E-state index in [1.54, 1.807) is 52.0 Å². The molecule has 0 saturated heterocycles. The Labute approximate surface area is 196 Å². The van der Waals surface area contributed by atoms with Crippen molar-refractivity contribution >= 4 is 23.4 Å². The summed E-state index contributed by atoms with van der Waals surface area (Å²) in [6.07, 6.45) is 0. The SMILES string of the molecule is CCOC(=O)c1c(C)nc(-c2c(F)cccc2F)nc1Nc1ccc(C(=O)OC(C)(C)C)cc1. The fourth-order valence-corrected chi connectivity index (χ4v) is 3.10. The van der Waals surface area contributed by atoms with Gasteiger partial charge in [0.1, 0.15) is 28.6 Å². The van der Waals surface area contributed by atoms with Gasteiger partial charge in [0.05, 0.1) is 23.4 Å². The summed E-state index contributed by atoms with van der Waals surface area (Å²) in [4.78, 5) is 33.2. The van der Waals surface area contributed by atoms with E-state index in [4.69, 9.17) is 9.47 Å². The van der Waals surface area contributed by atoms with Gasteiger partial charge in [0.2, 0.25) is 0 Å². The highest BCUT2D eigenvalue weighted by molar-refractivity contribution is 5.97. The van der Waals surface area contributed by atoms with Gasteiger partial charge in [-0.15, -0.1) is 0 Å². The number of aromatic nitrogens is 2. The number of halogens is 2. The Morgan fingerprint density at radius 3 is 2.15 bits per heavy atom. The van der Waals surface area contributed by atoms with Gasteiger partial charge in [-0.1, -0.05) is 6.07 Å². The van der Waals surface area contributed by atoms with E-state index in [1.807, 2.05) is 0 Å². The molecule has 34 heavy (non-hydrogen) atoms. The maximum absolute atomic E-state index is 14.4. The molecule has 1 N–H and O–H groups in total. The zero-order valence-corrected chi connectivity index (χ0v) is 19.5. The molecule has 0 spiro atoms. The van der Waals surface area contributed by atoms with Crippen LogP contribution in [-0.2, 0) is 9.47 Å². The molecule has 0 amide bonds. The van der Waals surface area contributed by atoms with Crippen LogP contribution in [0.5, 0.6) is 0 Å². The highest BCUT2D eigenvalue weighted by Gasteiger charge is 2.24. The van der Waals surface area contributed by atoms with Crippen molar-refractivity contribution in [3.63, 3.8) is 0 Å². The first kappa shape index (κ1) is 24.8. The number of benzene rings is 2. The summed E-state index contributed by atoms with van der Waals surface area (Å²) < 4.78 is 39.2. The largest absolute Gasteiger partial charge is 0.462 e. The van der Waals surface area contributed by atoms with Gasteiger partial charge < -0.3 is 14.8 Å². The molecule has 0 saturated carbocycles. The van der Waals surface area contributed by atoms with Gasteiger partial charge in [0.15, 0.2) is 5.82 Å². The molecule has 2 aromatic carbocycles. The monoisotopic (exact) mass is 469 g/mol. The number of hydrogen-bond donors (Lipinski definition) is 1. The van der Waals surface area contributed by atoms with Gasteiger partial charge in [0, 0.05) is 5.69 Å². The smallest absolute Gasteiger partial charge is 0.343 e. The van der Waals surface area contributed by atoms with E-state index < -0.39 is 34.7 Å².